The maximum atomic E-state index is 5.81. The summed E-state index contributed by atoms with van der Waals surface area (Å²) in [6.07, 6.45) is 0.320. The maximum absolute atomic E-state index is 5.81. The van der Waals surface area contributed by atoms with Crippen molar-refractivity contribution in [2.45, 2.75) is 39.8 Å². The standard InChI is InChI=1S/C16H35N3O2/c1-14(2)11-17-12-16-13-19(7-10-21-16)6-9-20-8-5-18-15(3)4/h14-18H,5-13H2,1-4H3. The Morgan fingerprint density at radius 2 is 2.05 bits per heavy atom. The lowest BCUT2D eigenvalue weighted by atomic mass is 10.2. The van der Waals surface area contributed by atoms with Gasteiger partial charge < -0.3 is 20.1 Å². The molecular formula is C16H35N3O2. The van der Waals surface area contributed by atoms with Crippen LogP contribution in [0, 0.1) is 5.92 Å². The maximum Gasteiger partial charge on any atom is 0.0826 e. The van der Waals surface area contributed by atoms with Gasteiger partial charge in [-0.05, 0) is 12.5 Å². The van der Waals surface area contributed by atoms with Gasteiger partial charge in [0.15, 0.2) is 0 Å². The van der Waals surface area contributed by atoms with Crippen LogP contribution >= 0.6 is 0 Å². The molecule has 0 spiro atoms. The van der Waals surface area contributed by atoms with Crippen LogP contribution in [0.5, 0.6) is 0 Å². The molecule has 0 saturated carbocycles. The minimum Gasteiger partial charge on any atom is -0.379 e. The van der Waals surface area contributed by atoms with Crippen molar-refractivity contribution in [2.24, 2.45) is 5.92 Å². The molecule has 126 valence electrons. The van der Waals surface area contributed by atoms with Crippen LogP contribution in [-0.4, -0.2) is 76.1 Å². The van der Waals surface area contributed by atoms with E-state index in [1.807, 2.05) is 0 Å². The van der Waals surface area contributed by atoms with Gasteiger partial charge in [-0.1, -0.05) is 27.7 Å². The summed E-state index contributed by atoms with van der Waals surface area (Å²) >= 11 is 0. The number of hydrogen-bond acceptors (Lipinski definition) is 5. The zero-order valence-corrected chi connectivity index (χ0v) is 14.4. The van der Waals surface area contributed by atoms with Crippen molar-refractivity contribution < 1.29 is 9.47 Å². The molecule has 1 aliphatic rings. The Morgan fingerprint density at radius 1 is 1.24 bits per heavy atom. The van der Waals surface area contributed by atoms with Crippen LogP contribution in [0.25, 0.3) is 0 Å². The monoisotopic (exact) mass is 301 g/mol. The van der Waals surface area contributed by atoms with E-state index in [0.29, 0.717) is 18.1 Å². The molecule has 1 atom stereocenters. The first-order valence-corrected chi connectivity index (χ1v) is 8.43. The van der Waals surface area contributed by atoms with Crippen LogP contribution in [-0.2, 0) is 9.47 Å². The third kappa shape index (κ3) is 10.2. The average molecular weight is 301 g/mol. The van der Waals surface area contributed by atoms with E-state index in [9.17, 15) is 0 Å². The molecule has 0 aromatic heterocycles. The van der Waals surface area contributed by atoms with Gasteiger partial charge >= 0.3 is 0 Å². The molecule has 0 bridgehead atoms. The van der Waals surface area contributed by atoms with Gasteiger partial charge in [0.2, 0.25) is 0 Å². The fourth-order valence-corrected chi connectivity index (χ4v) is 2.36. The van der Waals surface area contributed by atoms with Gasteiger partial charge in [0.05, 0.1) is 25.9 Å². The zero-order valence-electron chi connectivity index (χ0n) is 14.4. The Balaban J connectivity index is 2.01. The lowest BCUT2D eigenvalue weighted by Gasteiger charge is -2.33. The summed E-state index contributed by atoms with van der Waals surface area (Å²) in [5.41, 5.74) is 0. The molecule has 0 aromatic carbocycles. The number of nitrogens with zero attached hydrogens (tertiary/aromatic N) is 1. The molecular weight excluding hydrogens is 266 g/mol. The van der Waals surface area contributed by atoms with Gasteiger partial charge in [-0.2, -0.15) is 0 Å². The van der Waals surface area contributed by atoms with Crippen molar-refractivity contribution in [1.82, 2.24) is 15.5 Å². The Labute approximate surface area is 130 Å². The minimum absolute atomic E-state index is 0.320. The first kappa shape index (κ1) is 18.8. The third-order valence-electron chi connectivity index (χ3n) is 3.50. The normalized spacial score (nSPS) is 20.6. The highest BCUT2D eigenvalue weighted by Crippen LogP contribution is 2.04. The highest BCUT2D eigenvalue weighted by molar-refractivity contribution is 4.73. The number of ether oxygens (including phenoxy) is 2. The van der Waals surface area contributed by atoms with E-state index in [1.54, 1.807) is 0 Å². The number of rotatable bonds is 11. The molecule has 5 nitrogen and oxygen atoms in total. The van der Waals surface area contributed by atoms with Crippen molar-refractivity contribution in [3.05, 3.63) is 0 Å². The number of nitrogens with one attached hydrogen (secondary N) is 2. The molecule has 0 radical (unpaired) electrons. The smallest absolute Gasteiger partial charge is 0.0826 e. The summed E-state index contributed by atoms with van der Waals surface area (Å²) in [6, 6.07) is 0.534. The third-order valence-corrected chi connectivity index (χ3v) is 3.50. The summed E-state index contributed by atoms with van der Waals surface area (Å²) < 4.78 is 11.5. The van der Waals surface area contributed by atoms with Crippen LogP contribution in [0.15, 0.2) is 0 Å². The second-order valence-electron chi connectivity index (χ2n) is 6.57. The second-order valence-corrected chi connectivity index (χ2v) is 6.57. The lowest BCUT2D eigenvalue weighted by molar-refractivity contribution is -0.0348. The minimum atomic E-state index is 0.320. The quantitative estimate of drug-likeness (QED) is 0.556. The molecule has 1 rings (SSSR count). The van der Waals surface area contributed by atoms with E-state index >= 15 is 0 Å². The molecule has 1 saturated heterocycles. The molecule has 0 aromatic rings. The molecule has 5 heteroatoms. The van der Waals surface area contributed by atoms with E-state index in [4.69, 9.17) is 9.47 Å². The van der Waals surface area contributed by atoms with Crippen molar-refractivity contribution >= 4 is 0 Å². The summed E-state index contributed by atoms with van der Waals surface area (Å²) in [6.45, 7) is 17.2. The van der Waals surface area contributed by atoms with Crippen LogP contribution in [0.1, 0.15) is 27.7 Å². The Kier molecular flexibility index (Phi) is 10.2. The molecule has 0 amide bonds. The molecule has 1 aliphatic heterocycles. The van der Waals surface area contributed by atoms with Gasteiger partial charge in [0, 0.05) is 38.8 Å². The van der Waals surface area contributed by atoms with Gasteiger partial charge in [-0.15, -0.1) is 0 Å². The Morgan fingerprint density at radius 3 is 2.76 bits per heavy atom. The van der Waals surface area contributed by atoms with Crippen LogP contribution in [0.3, 0.4) is 0 Å². The van der Waals surface area contributed by atoms with Crippen molar-refractivity contribution in [3.63, 3.8) is 0 Å². The summed E-state index contributed by atoms with van der Waals surface area (Å²) in [5.74, 6) is 0.692. The molecule has 1 unspecified atom stereocenters. The summed E-state index contributed by atoms with van der Waals surface area (Å²) in [7, 11) is 0. The number of morpholine rings is 1. The van der Waals surface area contributed by atoms with Crippen LogP contribution in [0.2, 0.25) is 0 Å². The fraction of sp³-hybridized carbons (Fsp3) is 1.00. The molecule has 1 fully saturated rings. The molecule has 21 heavy (non-hydrogen) atoms. The first-order chi connectivity index (χ1) is 10.1. The fourth-order valence-electron chi connectivity index (χ4n) is 2.36. The zero-order chi connectivity index (χ0) is 15.5. The van der Waals surface area contributed by atoms with Crippen molar-refractivity contribution in [1.29, 1.82) is 0 Å². The summed E-state index contributed by atoms with van der Waals surface area (Å²) in [4.78, 5) is 2.45. The molecule has 0 aliphatic carbocycles. The highest BCUT2D eigenvalue weighted by atomic mass is 16.5. The van der Waals surface area contributed by atoms with E-state index in [0.717, 1.165) is 59.1 Å². The Bertz CT molecular complexity index is 250. The predicted molar refractivity (Wildman–Crippen MR) is 87.8 cm³/mol. The SMILES string of the molecule is CC(C)CNCC1CN(CCOCCNC(C)C)CCO1. The van der Waals surface area contributed by atoms with Gasteiger partial charge in [-0.3, -0.25) is 4.90 Å². The second kappa shape index (κ2) is 11.4. The van der Waals surface area contributed by atoms with E-state index in [1.165, 1.54) is 0 Å². The van der Waals surface area contributed by atoms with Crippen molar-refractivity contribution in [2.75, 3.05) is 59.1 Å². The van der Waals surface area contributed by atoms with Gasteiger partial charge in [0.25, 0.3) is 0 Å². The predicted octanol–water partition coefficient (Wildman–Crippen LogP) is 0.947. The van der Waals surface area contributed by atoms with E-state index in [2.05, 4.69) is 43.2 Å². The highest BCUT2D eigenvalue weighted by Gasteiger charge is 2.19. The molecule has 1 heterocycles. The van der Waals surface area contributed by atoms with E-state index < -0.39 is 0 Å². The van der Waals surface area contributed by atoms with Crippen LogP contribution < -0.4 is 10.6 Å². The van der Waals surface area contributed by atoms with Gasteiger partial charge in [-0.25, -0.2) is 0 Å². The largest absolute Gasteiger partial charge is 0.379 e. The van der Waals surface area contributed by atoms with Gasteiger partial charge in [0.1, 0.15) is 0 Å². The lowest BCUT2D eigenvalue weighted by Crippen LogP contribution is -2.48. The van der Waals surface area contributed by atoms with Crippen molar-refractivity contribution in [3.8, 4) is 0 Å². The topological polar surface area (TPSA) is 45.8 Å². The van der Waals surface area contributed by atoms with E-state index in [-0.39, 0.29) is 0 Å². The first-order valence-electron chi connectivity index (χ1n) is 8.43. The Hall–Kier alpha value is -0.200. The molecule has 2 N–H and O–H groups in total. The average Bonchev–Trinajstić information content (AvgIpc) is 2.42. The van der Waals surface area contributed by atoms with Crippen LogP contribution in [0.4, 0.5) is 0 Å². The number of hydrogen-bond donors (Lipinski definition) is 2. The summed E-state index contributed by atoms with van der Waals surface area (Å²) in [5, 5.41) is 6.83.